The zero-order valence-corrected chi connectivity index (χ0v) is 30.7. The first-order chi connectivity index (χ1) is 22.6. The van der Waals surface area contributed by atoms with Gasteiger partial charge in [-0.1, -0.05) is 47.6 Å². The number of aromatic nitrogens is 3. The SMILES string of the molecule is CC(C)(C)OC(=O)N1CC[C@H](CCC(Nc2cccc(S(=O)(=O)NC(=O)c3ccc(C(C)(C)C)nc3F)n2)c2cc(C(C)(C)C)ccn2)C1. The number of hydrogen-bond donors (Lipinski definition) is 2. The third kappa shape index (κ3) is 10.2. The van der Waals surface area contributed by atoms with E-state index in [-0.39, 0.29) is 29.3 Å². The van der Waals surface area contributed by atoms with Crippen LogP contribution >= 0.6 is 0 Å². The Kier molecular flexibility index (Phi) is 11.1. The average molecular weight is 697 g/mol. The van der Waals surface area contributed by atoms with Gasteiger partial charge in [-0.25, -0.2) is 19.5 Å². The van der Waals surface area contributed by atoms with E-state index in [0.29, 0.717) is 25.2 Å². The van der Waals surface area contributed by atoms with Crippen LogP contribution in [0.3, 0.4) is 0 Å². The van der Waals surface area contributed by atoms with Crippen molar-refractivity contribution in [2.45, 2.75) is 109 Å². The van der Waals surface area contributed by atoms with Crippen LogP contribution in [-0.2, 0) is 25.6 Å². The zero-order chi connectivity index (χ0) is 36.4. The second-order valence-electron chi connectivity index (χ2n) is 15.7. The lowest BCUT2D eigenvalue weighted by Gasteiger charge is -2.25. The van der Waals surface area contributed by atoms with Crippen molar-refractivity contribution in [2.75, 3.05) is 18.4 Å². The van der Waals surface area contributed by atoms with Crippen molar-refractivity contribution in [2.24, 2.45) is 5.92 Å². The van der Waals surface area contributed by atoms with E-state index < -0.39 is 43.5 Å². The van der Waals surface area contributed by atoms with Gasteiger partial charge in [0.25, 0.3) is 15.9 Å². The highest BCUT2D eigenvalue weighted by Gasteiger charge is 2.31. The average Bonchev–Trinajstić information content (AvgIpc) is 3.47. The normalized spacial score (nSPS) is 16.3. The van der Waals surface area contributed by atoms with Crippen molar-refractivity contribution in [3.63, 3.8) is 0 Å². The molecule has 11 nitrogen and oxygen atoms in total. The van der Waals surface area contributed by atoms with Gasteiger partial charge < -0.3 is 15.0 Å². The molecule has 0 radical (unpaired) electrons. The Morgan fingerprint density at radius 1 is 1.00 bits per heavy atom. The highest BCUT2D eigenvalue weighted by atomic mass is 32.2. The lowest BCUT2D eigenvalue weighted by atomic mass is 9.86. The van der Waals surface area contributed by atoms with Gasteiger partial charge in [-0.3, -0.25) is 9.78 Å². The zero-order valence-electron chi connectivity index (χ0n) is 29.9. The summed E-state index contributed by atoms with van der Waals surface area (Å²) in [6.45, 7) is 18.6. The number of hydrogen-bond acceptors (Lipinski definition) is 9. The number of amides is 2. The van der Waals surface area contributed by atoms with Crippen LogP contribution in [0.5, 0.6) is 0 Å². The highest BCUT2D eigenvalue weighted by Crippen LogP contribution is 2.31. The first-order valence-electron chi connectivity index (χ1n) is 16.5. The van der Waals surface area contributed by atoms with Gasteiger partial charge in [-0.15, -0.1) is 0 Å². The number of nitrogens with zero attached hydrogens (tertiary/aromatic N) is 4. The first kappa shape index (κ1) is 37.7. The fourth-order valence-electron chi connectivity index (χ4n) is 5.44. The summed E-state index contributed by atoms with van der Waals surface area (Å²) < 4.78 is 48.8. The Morgan fingerprint density at radius 2 is 1.71 bits per heavy atom. The van der Waals surface area contributed by atoms with Gasteiger partial charge in [0.2, 0.25) is 5.95 Å². The number of likely N-dealkylation sites (tertiary alicyclic amines) is 1. The van der Waals surface area contributed by atoms with Crippen molar-refractivity contribution in [1.82, 2.24) is 24.6 Å². The number of carbonyl (C=O) groups is 2. The smallest absolute Gasteiger partial charge is 0.410 e. The van der Waals surface area contributed by atoms with E-state index in [1.165, 1.54) is 24.3 Å². The van der Waals surface area contributed by atoms with Crippen LogP contribution in [0.1, 0.15) is 115 Å². The number of anilines is 1. The molecule has 0 spiro atoms. The fourth-order valence-corrected chi connectivity index (χ4v) is 6.37. The van der Waals surface area contributed by atoms with E-state index in [1.54, 1.807) is 17.2 Å². The monoisotopic (exact) mass is 696 g/mol. The summed E-state index contributed by atoms with van der Waals surface area (Å²) in [6.07, 6.45) is 3.66. The van der Waals surface area contributed by atoms with Gasteiger partial charge in [0.05, 0.1) is 17.3 Å². The Morgan fingerprint density at radius 3 is 2.35 bits per heavy atom. The molecule has 1 fully saturated rings. The number of ether oxygens (including phenoxy) is 1. The van der Waals surface area contributed by atoms with Crippen LogP contribution in [0.15, 0.2) is 53.7 Å². The molecule has 49 heavy (non-hydrogen) atoms. The molecule has 1 unspecified atom stereocenters. The minimum Gasteiger partial charge on any atom is -0.444 e. The molecular formula is C36H49FN6O5S. The number of nitrogens with one attached hydrogen (secondary N) is 2. The summed E-state index contributed by atoms with van der Waals surface area (Å²) in [7, 11) is -4.47. The molecule has 266 valence electrons. The van der Waals surface area contributed by atoms with Gasteiger partial charge >= 0.3 is 6.09 Å². The summed E-state index contributed by atoms with van der Waals surface area (Å²) in [5.41, 5.74) is 0.622. The van der Waals surface area contributed by atoms with E-state index in [0.717, 1.165) is 24.1 Å². The molecule has 2 amide bonds. The Labute approximate surface area is 289 Å². The maximum absolute atomic E-state index is 14.8. The minimum atomic E-state index is -4.47. The Bertz CT molecular complexity index is 1780. The van der Waals surface area contributed by atoms with Crippen LogP contribution in [0.4, 0.5) is 15.0 Å². The molecule has 0 saturated carbocycles. The molecule has 1 aliphatic rings. The number of carbonyl (C=O) groups excluding carboxylic acids is 2. The molecule has 1 saturated heterocycles. The van der Waals surface area contributed by atoms with Gasteiger partial charge in [0, 0.05) is 30.4 Å². The molecule has 2 atom stereocenters. The fraction of sp³-hybridized carbons (Fsp3) is 0.528. The topological polar surface area (TPSA) is 143 Å². The molecular weight excluding hydrogens is 647 g/mol. The van der Waals surface area contributed by atoms with Crippen molar-refractivity contribution in [3.8, 4) is 0 Å². The molecule has 1 aliphatic heterocycles. The molecule has 3 aromatic rings. The maximum Gasteiger partial charge on any atom is 0.410 e. The van der Waals surface area contributed by atoms with Crippen LogP contribution in [0.2, 0.25) is 0 Å². The quantitative estimate of drug-likeness (QED) is 0.228. The Hall–Kier alpha value is -4.13. The lowest BCUT2D eigenvalue weighted by Crippen LogP contribution is -2.35. The molecule has 0 aromatic carbocycles. The number of rotatable bonds is 9. The van der Waals surface area contributed by atoms with E-state index in [2.05, 4.69) is 41.0 Å². The third-order valence-electron chi connectivity index (χ3n) is 8.22. The van der Waals surface area contributed by atoms with E-state index >= 15 is 0 Å². The second kappa shape index (κ2) is 14.4. The number of pyridine rings is 3. The highest BCUT2D eigenvalue weighted by molar-refractivity contribution is 7.90. The Balaban J connectivity index is 1.53. The summed E-state index contributed by atoms with van der Waals surface area (Å²) in [5.74, 6) is -1.71. The van der Waals surface area contributed by atoms with Crippen molar-refractivity contribution in [1.29, 1.82) is 0 Å². The van der Waals surface area contributed by atoms with E-state index in [9.17, 15) is 22.4 Å². The van der Waals surface area contributed by atoms with Crippen molar-refractivity contribution < 1.29 is 27.1 Å². The van der Waals surface area contributed by atoms with Crippen LogP contribution in [-0.4, -0.2) is 59.0 Å². The molecule has 13 heteroatoms. The number of halogens is 1. The van der Waals surface area contributed by atoms with Gasteiger partial charge in [-0.05, 0) is 93.3 Å². The van der Waals surface area contributed by atoms with Crippen molar-refractivity contribution in [3.05, 3.63) is 77.1 Å². The molecule has 4 rings (SSSR count). The first-order valence-corrected chi connectivity index (χ1v) is 18.0. The maximum atomic E-state index is 14.8. The standard InChI is InChI=1S/C36H49FN6O5S/c1-34(2,3)24-17-19-38-27(21-24)26(15-13-23-18-20-43(22-23)33(45)48-36(7,8)9)39-29-11-10-12-30(41-29)49(46,47)42-32(44)25-14-16-28(35(4,5)6)40-31(25)37/h10-12,14,16-17,19,21,23,26H,13,15,18,20,22H2,1-9H3,(H,39,41)(H,42,44)/t23-,26?/m0/s1. The second-order valence-corrected chi connectivity index (χ2v) is 17.3. The lowest BCUT2D eigenvalue weighted by molar-refractivity contribution is 0.0287. The van der Waals surface area contributed by atoms with E-state index in [4.69, 9.17) is 4.74 Å². The van der Waals surface area contributed by atoms with Crippen molar-refractivity contribution >= 4 is 27.8 Å². The predicted molar refractivity (Wildman–Crippen MR) is 186 cm³/mol. The van der Waals surface area contributed by atoms with E-state index in [1.807, 2.05) is 58.4 Å². The van der Waals surface area contributed by atoms with Gasteiger partial charge in [0.15, 0.2) is 5.03 Å². The number of sulfonamides is 1. The van der Waals surface area contributed by atoms with Crippen LogP contribution in [0.25, 0.3) is 0 Å². The molecule has 3 aromatic heterocycles. The predicted octanol–water partition coefficient (Wildman–Crippen LogP) is 6.91. The minimum absolute atomic E-state index is 0.131. The summed E-state index contributed by atoms with van der Waals surface area (Å²) in [6, 6.07) is 10.8. The summed E-state index contributed by atoms with van der Waals surface area (Å²) >= 11 is 0. The molecule has 0 bridgehead atoms. The van der Waals surface area contributed by atoms with Crippen LogP contribution < -0.4 is 10.0 Å². The van der Waals surface area contributed by atoms with Gasteiger partial charge in [0.1, 0.15) is 11.4 Å². The third-order valence-corrected chi connectivity index (χ3v) is 9.45. The van der Waals surface area contributed by atoms with Gasteiger partial charge in [-0.2, -0.15) is 12.8 Å². The molecule has 2 N–H and O–H groups in total. The summed E-state index contributed by atoms with van der Waals surface area (Å²) in [4.78, 5) is 40.1. The molecule has 4 heterocycles. The molecule has 0 aliphatic carbocycles. The summed E-state index contributed by atoms with van der Waals surface area (Å²) in [5, 5.41) is 2.95. The largest absolute Gasteiger partial charge is 0.444 e. The van der Waals surface area contributed by atoms with Crippen LogP contribution in [0, 0.1) is 11.9 Å².